The molecule has 0 unspecified atom stereocenters. The Labute approximate surface area is 65.5 Å². The SMILES string of the molecule is COC[C@@H](NC(=O)O)C1CC1. The monoisotopic (exact) mass is 159 g/mol. The van der Waals surface area contributed by atoms with Crippen LogP contribution in [0.2, 0.25) is 0 Å². The number of ether oxygens (including phenoxy) is 1. The minimum absolute atomic E-state index is 0.00231. The number of amides is 1. The molecule has 0 spiro atoms. The second kappa shape index (κ2) is 3.57. The van der Waals surface area contributed by atoms with Crippen LogP contribution in [0.1, 0.15) is 12.8 Å². The molecule has 1 saturated carbocycles. The number of hydrogen-bond donors (Lipinski definition) is 2. The fourth-order valence-electron chi connectivity index (χ4n) is 1.13. The summed E-state index contributed by atoms with van der Waals surface area (Å²) < 4.78 is 4.88. The van der Waals surface area contributed by atoms with Crippen LogP contribution in [0.3, 0.4) is 0 Å². The first-order valence-electron chi connectivity index (χ1n) is 3.72. The van der Waals surface area contributed by atoms with Gasteiger partial charge in [0.05, 0.1) is 12.6 Å². The first-order valence-corrected chi connectivity index (χ1v) is 3.72. The van der Waals surface area contributed by atoms with Crippen LogP contribution in [0, 0.1) is 5.92 Å². The van der Waals surface area contributed by atoms with E-state index in [1.54, 1.807) is 7.11 Å². The van der Waals surface area contributed by atoms with Crippen molar-refractivity contribution in [2.45, 2.75) is 18.9 Å². The fraction of sp³-hybridized carbons (Fsp3) is 0.857. The van der Waals surface area contributed by atoms with Crippen molar-refractivity contribution in [3.63, 3.8) is 0 Å². The molecule has 1 fully saturated rings. The number of hydrogen-bond acceptors (Lipinski definition) is 2. The summed E-state index contributed by atoms with van der Waals surface area (Å²) in [5.74, 6) is 0.506. The Hall–Kier alpha value is -0.770. The number of carboxylic acid groups (broad SMARTS) is 1. The van der Waals surface area contributed by atoms with Crippen LogP contribution in [-0.2, 0) is 4.74 Å². The van der Waals surface area contributed by atoms with Crippen LogP contribution < -0.4 is 5.32 Å². The second-order valence-corrected chi connectivity index (χ2v) is 2.85. The van der Waals surface area contributed by atoms with Crippen LogP contribution >= 0.6 is 0 Å². The normalized spacial score (nSPS) is 19.4. The molecule has 2 N–H and O–H groups in total. The zero-order valence-corrected chi connectivity index (χ0v) is 6.54. The topological polar surface area (TPSA) is 58.6 Å². The zero-order valence-electron chi connectivity index (χ0n) is 6.54. The molecule has 1 aliphatic carbocycles. The lowest BCUT2D eigenvalue weighted by Crippen LogP contribution is -2.38. The second-order valence-electron chi connectivity index (χ2n) is 2.85. The predicted octanol–water partition coefficient (Wildman–Crippen LogP) is 0.679. The van der Waals surface area contributed by atoms with Gasteiger partial charge in [0, 0.05) is 7.11 Å². The number of nitrogens with one attached hydrogen (secondary N) is 1. The maximum absolute atomic E-state index is 10.3. The average molecular weight is 159 g/mol. The minimum atomic E-state index is -0.959. The van der Waals surface area contributed by atoms with Crippen LogP contribution in [-0.4, -0.2) is 31.0 Å². The summed E-state index contributed by atoms with van der Waals surface area (Å²) in [4.78, 5) is 10.3. The van der Waals surface area contributed by atoms with Crippen LogP contribution in [0.25, 0.3) is 0 Å². The number of carbonyl (C=O) groups is 1. The predicted molar refractivity (Wildman–Crippen MR) is 39.5 cm³/mol. The molecule has 0 aromatic heterocycles. The van der Waals surface area contributed by atoms with Crippen molar-refractivity contribution >= 4 is 6.09 Å². The summed E-state index contributed by atoms with van der Waals surface area (Å²) in [5.41, 5.74) is 0. The highest BCUT2D eigenvalue weighted by molar-refractivity contribution is 5.64. The molecular weight excluding hydrogens is 146 g/mol. The van der Waals surface area contributed by atoms with E-state index >= 15 is 0 Å². The summed E-state index contributed by atoms with van der Waals surface area (Å²) in [5, 5.41) is 10.9. The Kier molecular flexibility index (Phi) is 2.70. The smallest absolute Gasteiger partial charge is 0.404 e. The van der Waals surface area contributed by atoms with E-state index in [0.717, 1.165) is 12.8 Å². The van der Waals surface area contributed by atoms with Gasteiger partial charge in [-0.15, -0.1) is 0 Å². The lowest BCUT2D eigenvalue weighted by Gasteiger charge is -2.14. The third-order valence-electron chi connectivity index (χ3n) is 1.85. The van der Waals surface area contributed by atoms with E-state index in [1.807, 2.05) is 0 Å². The largest absolute Gasteiger partial charge is 0.465 e. The molecule has 0 saturated heterocycles. The van der Waals surface area contributed by atoms with Gasteiger partial charge >= 0.3 is 6.09 Å². The van der Waals surface area contributed by atoms with Gasteiger partial charge in [0.25, 0.3) is 0 Å². The molecule has 4 heteroatoms. The van der Waals surface area contributed by atoms with E-state index < -0.39 is 6.09 Å². The Morgan fingerprint density at radius 3 is 2.82 bits per heavy atom. The van der Waals surface area contributed by atoms with Gasteiger partial charge in [-0.2, -0.15) is 0 Å². The molecule has 64 valence electrons. The molecule has 1 amide bonds. The van der Waals surface area contributed by atoms with Crippen molar-refractivity contribution in [1.82, 2.24) is 5.32 Å². The highest BCUT2D eigenvalue weighted by atomic mass is 16.5. The summed E-state index contributed by atoms with van der Waals surface area (Å²) in [6.45, 7) is 0.483. The van der Waals surface area contributed by atoms with Crippen LogP contribution in [0.15, 0.2) is 0 Å². The lowest BCUT2D eigenvalue weighted by atomic mass is 10.2. The van der Waals surface area contributed by atoms with Crippen molar-refractivity contribution in [1.29, 1.82) is 0 Å². The van der Waals surface area contributed by atoms with E-state index in [2.05, 4.69) is 5.32 Å². The van der Waals surface area contributed by atoms with Crippen molar-refractivity contribution < 1.29 is 14.6 Å². The lowest BCUT2D eigenvalue weighted by molar-refractivity contribution is 0.144. The molecule has 0 radical (unpaired) electrons. The van der Waals surface area contributed by atoms with Crippen LogP contribution in [0.4, 0.5) is 4.79 Å². The fourth-order valence-corrected chi connectivity index (χ4v) is 1.13. The van der Waals surface area contributed by atoms with Gasteiger partial charge in [-0.05, 0) is 18.8 Å². The molecular formula is C7H13NO3. The van der Waals surface area contributed by atoms with Crippen molar-refractivity contribution in [3.05, 3.63) is 0 Å². The van der Waals surface area contributed by atoms with Gasteiger partial charge in [-0.25, -0.2) is 4.79 Å². The Morgan fingerprint density at radius 1 is 1.82 bits per heavy atom. The first-order chi connectivity index (χ1) is 5.24. The number of rotatable bonds is 4. The van der Waals surface area contributed by atoms with E-state index in [1.165, 1.54) is 0 Å². The van der Waals surface area contributed by atoms with Gasteiger partial charge in [0.15, 0.2) is 0 Å². The molecule has 0 aliphatic heterocycles. The summed E-state index contributed by atoms with van der Waals surface area (Å²) in [7, 11) is 1.58. The van der Waals surface area contributed by atoms with E-state index in [9.17, 15) is 4.79 Å². The van der Waals surface area contributed by atoms with Crippen molar-refractivity contribution in [2.75, 3.05) is 13.7 Å². The van der Waals surface area contributed by atoms with E-state index in [4.69, 9.17) is 9.84 Å². The van der Waals surface area contributed by atoms with Gasteiger partial charge in [-0.3, -0.25) is 0 Å². The molecule has 0 heterocycles. The Bertz CT molecular complexity index is 145. The number of methoxy groups -OCH3 is 1. The van der Waals surface area contributed by atoms with Gasteiger partial charge < -0.3 is 15.2 Å². The molecule has 1 aliphatic rings. The highest BCUT2D eigenvalue weighted by Gasteiger charge is 2.31. The molecule has 0 aromatic rings. The van der Waals surface area contributed by atoms with Crippen molar-refractivity contribution in [3.8, 4) is 0 Å². The average Bonchev–Trinajstić information content (AvgIpc) is 2.66. The van der Waals surface area contributed by atoms with E-state index in [-0.39, 0.29) is 6.04 Å². The molecule has 11 heavy (non-hydrogen) atoms. The van der Waals surface area contributed by atoms with Gasteiger partial charge in [-0.1, -0.05) is 0 Å². The molecule has 1 atom stereocenters. The first kappa shape index (κ1) is 8.33. The van der Waals surface area contributed by atoms with Crippen molar-refractivity contribution in [2.24, 2.45) is 5.92 Å². The Balaban J connectivity index is 2.26. The maximum atomic E-state index is 10.3. The molecule has 1 rings (SSSR count). The summed E-state index contributed by atoms with van der Waals surface area (Å²) >= 11 is 0. The minimum Gasteiger partial charge on any atom is -0.465 e. The van der Waals surface area contributed by atoms with Crippen LogP contribution in [0.5, 0.6) is 0 Å². The van der Waals surface area contributed by atoms with Gasteiger partial charge in [0.2, 0.25) is 0 Å². The zero-order chi connectivity index (χ0) is 8.27. The molecule has 4 nitrogen and oxygen atoms in total. The Morgan fingerprint density at radius 2 is 2.45 bits per heavy atom. The highest BCUT2D eigenvalue weighted by Crippen LogP contribution is 2.32. The third-order valence-corrected chi connectivity index (χ3v) is 1.85. The summed E-state index contributed by atoms with van der Waals surface area (Å²) in [6.07, 6.45) is 1.28. The quantitative estimate of drug-likeness (QED) is 0.634. The summed E-state index contributed by atoms with van der Waals surface area (Å²) in [6, 6.07) is -0.00231. The van der Waals surface area contributed by atoms with Gasteiger partial charge in [0.1, 0.15) is 0 Å². The molecule has 0 bridgehead atoms. The molecule has 0 aromatic carbocycles. The maximum Gasteiger partial charge on any atom is 0.404 e. The third kappa shape index (κ3) is 2.76. The van der Waals surface area contributed by atoms with E-state index in [0.29, 0.717) is 12.5 Å². The standard InChI is InChI=1S/C7H13NO3/c1-11-4-6(5-2-3-5)8-7(9)10/h5-6,8H,2-4H2,1H3,(H,9,10)/t6-/m1/s1.